The van der Waals surface area contributed by atoms with E-state index in [1.165, 1.54) is 12.8 Å². The molecule has 2 N–H and O–H groups in total. The Morgan fingerprint density at radius 2 is 1.88 bits per heavy atom. The predicted molar refractivity (Wildman–Crippen MR) is 66.9 cm³/mol. The van der Waals surface area contributed by atoms with Crippen LogP contribution in [0.15, 0.2) is 0 Å². The fraction of sp³-hybridized carbons (Fsp3) is 1.00. The third-order valence-electron chi connectivity index (χ3n) is 2.93. The average molecular weight is 248 g/mol. The Morgan fingerprint density at radius 1 is 1.25 bits per heavy atom. The van der Waals surface area contributed by atoms with Crippen LogP contribution in [-0.4, -0.2) is 32.8 Å². The van der Waals surface area contributed by atoms with E-state index < -0.39 is 10.0 Å². The zero-order valence-corrected chi connectivity index (χ0v) is 11.1. The summed E-state index contributed by atoms with van der Waals surface area (Å²) in [5.41, 5.74) is 0. The minimum atomic E-state index is -3.07. The van der Waals surface area contributed by atoms with Gasteiger partial charge >= 0.3 is 0 Å². The quantitative estimate of drug-likeness (QED) is 0.604. The lowest BCUT2D eigenvalue weighted by Crippen LogP contribution is -2.36. The topological polar surface area (TPSA) is 58.2 Å². The van der Waals surface area contributed by atoms with Crippen molar-refractivity contribution in [2.75, 3.05) is 12.3 Å². The standard InChI is InChI=1S/C11H24N2O2S/c1-3-10(4-2)13-16(14,15)9-5-8-12-11-6-7-11/h10-13H,3-9H2,1-2H3. The number of rotatable bonds is 9. The molecule has 0 saturated heterocycles. The normalized spacial score (nSPS) is 16.9. The van der Waals surface area contributed by atoms with Crippen LogP contribution in [0.3, 0.4) is 0 Å². The summed E-state index contributed by atoms with van der Waals surface area (Å²) in [5, 5.41) is 3.32. The van der Waals surface area contributed by atoms with E-state index in [9.17, 15) is 8.42 Å². The molecule has 0 heterocycles. The second-order valence-corrected chi connectivity index (χ2v) is 6.41. The largest absolute Gasteiger partial charge is 0.314 e. The molecule has 1 saturated carbocycles. The van der Waals surface area contributed by atoms with Gasteiger partial charge in [-0.05, 0) is 38.6 Å². The molecule has 0 atom stereocenters. The summed E-state index contributed by atoms with van der Waals surface area (Å²) in [6, 6.07) is 0.760. The summed E-state index contributed by atoms with van der Waals surface area (Å²) in [4.78, 5) is 0. The molecular formula is C11H24N2O2S. The molecule has 1 rings (SSSR count). The van der Waals surface area contributed by atoms with Gasteiger partial charge in [-0.3, -0.25) is 0 Å². The van der Waals surface area contributed by atoms with Crippen LogP contribution in [0.2, 0.25) is 0 Å². The summed E-state index contributed by atoms with van der Waals surface area (Å²) in [6.07, 6.45) is 4.91. The number of hydrogen-bond donors (Lipinski definition) is 2. The Morgan fingerprint density at radius 3 is 2.38 bits per heavy atom. The number of hydrogen-bond acceptors (Lipinski definition) is 3. The van der Waals surface area contributed by atoms with Gasteiger partial charge in [-0.15, -0.1) is 0 Å². The van der Waals surface area contributed by atoms with Crippen molar-refractivity contribution in [3.05, 3.63) is 0 Å². The molecule has 0 aromatic heterocycles. The monoisotopic (exact) mass is 248 g/mol. The molecular weight excluding hydrogens is 224 g/mol. The van der Waals surface area contributed by atoms with Gasteiger partial charge in [-0.2, -0.15) is 0 Å². The smallest absolute Gasteiger partial charge is 0.211 e. The maximum absolute atomic E-state index is 11.7. The molecule has 0 unspecified atom stereocenters. The Kier molecular flexibility index (Phi) is 5.72. The highest BCUT2D eigenvalue weighted by Gasteiger charge is 2.20. The van der Waals surface area contributed by atoms with Gasteiger partial charge in [0.25, 0.3) is 0 Å². The molecule has 4 nitrogen and oxygen atoms in total. The molecule has 16 heavy (non-hydrogen) atoms. The van der Waals surface area contributed by atoms with Gasteiger partial charge < -0.3 is 5.32 Å². The van der Waals surface area contributed by atoms with E-state index >= 15 is 0 Å². The van der Waals surface area contributed by atoms with Crippen molar-refractivity contribution in [1.82, 2.24) is 10.0 Å². The van der Waals surface area contributed by atoms with Crippen LogP contribution >= 0.6 is 0 Å². The zero-order chi connectivity index (χ0) is 12.0. The highest BCUT2D eigenvalue weighted by atomic mass is 32.2. The molecule has 0 amide bonds. The maximum atomic E-state index is 11.7. The molecule has 0 radical (unpaired) electrons. The van der Waals surface area contributed by atoms with Crippen LogP contribution in [0.5, 0.6) is 0 Å². The first-order chi connectivity index (χ1) is 7.57. The molecule has 1 fully saturated rings. The van der Waals surface area contributed by atoms with Gasteiger partial charge in [0.1, 0.15) is 0 Å². The van der Waals surface area contributed by atoms with Crippen molar-refractivity contribution in [2.45, 2.75) is 58.0 Å². The molecule has 5 heteroatoms. The summed E-state index contributed by atoms with van der Waals surface area (Å²) in [6.45, 7) is 4.82. The van der Waals surface area contributed by atoms with Crippen molar-refractivity contribution in [3.8, 4) is 0 Å². The second kappa shape index (κ2) is 6.57. The third-order valence-corrected chi connectivity index (χ3v) is 4.45. The SMILES string of the molecule is CCC(CC)NS(=O)(=O)CCCNC1CC1. The molecule has 96 valence electrons. The fourth-order valence-corrected chi connectivity index (χ4v) is 3.11. The number of sulfonamides is 1. The Bertz CT molecular complexity index is 282. The van der Waals surface area contributed by atoms with Gasteiger partial charge in [0.2, 0.25) is 10.0 Å². The molecule has 0 spiro atoms. The molecule has 1 aliphatic rings. The average Bonchev–Trinajstić information content (AvgIpc) is 3.05. The molecule has 1 aliphatic carbocycles. The Balaban J connectivity index is 2.16. The van der Waals surface area contributed by atoms with Crippen LogP contribution in [0, 0.1) is 0 Å². The summed E-state index contributed by atoms with van der Waals surface area (Å²) in [5.74, 6) is 0.239. The molecule has 0 bridgehead atoms. The first-order valence-electron chi connectivity index (χ1n) is 6.30. The lowest BCUT2D eigenvalue weighted by atomic mass is 10.2. The number of nitrogens with one attached hydrogen (secondary N) is 2. The summed E-state index contributed by atoms with van der Waals surface area (Å²) >= 11 is 0. The van der Waals surface area contributed by atoms with Gasteiger partial charge in [-0.1, -0.05) is 13.8 Å². The highest BCUT2D eigenvalue weighted by Crippen LogP contribution is 2.18. The van der Waals surface area contributed by atoms with Crippen LogP contribution in [-0.2, 0) is 10.0 Å². The maximum Gasteiger partial charge on any atom is 0.211 e. The minimum Gasteiger partial charge on any atom is -0.314 e. The van der Waals surface area contributed by atoms with Crippen molar-refractivity contribution in [2.24, 2.45) is 0 Å². The first-order valence-corrected chi connectivity index (χ1v) is 7.96. The van der Waals surface area contributed by atoms with Crippen LogP contribution in [0.1, 0.15) is 46.0 Å². The van der Waals surface area contributed by atoms with E-state index in [1.54, 1.807) is 0 Å². The molecule has 0 aromatic carbocycles. The highest BCUT2D eigenvalue weighted by molar-refractivity contribution is 7.89. The van der Waals surface area contributed by atoms with Crippen LogP contribution in [0.25, 0.3) is 0 Å². The van der Waals surface area contributed by atoms with E-state index in [1.807, 2.05) is 13.8 Å². The van der Waals surface area contributed by atoms with E-state index in [0.717, 1.165) is 19.4 Å². The van der Waals surface area contributed by atoms with Crippen LogP contribution in [0.4, 0.5) is 0 Å². The second-order valence-electron chi connectivity index (χ2n) is 4.53. The van der Waals surface area contributed by atoms with Crippen molar-refractivity contribution < 1.29 is 8.42 Å². The molecule has 0 aromatic rings. The van der Waals surface area contributed by atoms with Crippen molar-refractivity contribution in [1.29, 1.82) is 0 Å². The molecule has 0 aliphatic heterocycles. The van der Waals surface area contributed by atoms with Crippen molar-refractivity contribution in [3.63, 3.8) is 0 Å². The van der Waals surface area contributed by atoms with Gasteiger partial charge in [-0.25, -0.2) is 13.1 Å². The van der Waals surface area contributed by atoms with Gasteiger partial charge in [0.05, 0.1) is 5.75 Å². The van der Waals surface area contributed by atoms with Gasteiger partial charge in [0, 0.05) is 12.1 Å². The fourth-order valence-electron chi connectivity index (χ4n) is 1.62. The third kappa shape index (κ3) is 5.82. The summed E-state index contributed by atoms with van der Waals surface area (Å²) in [7, 11) is -3.07. The lowest BCUT2D eigenvalue weighted by Gasteiger charge is -2.14. The van der Waals surface area contributed by atoms with E-state index in [-0.39, 0.29) is 11.8 Å². The Hall–Kier alpha value is -0.130. The van der Waals surface area contributed by atoms with Crippen LogP contribution < -0.4 is 10.0 Å². The first kappa shape index (κ1) is 13.9. The van der Waals surface area contributed by atoms with E-state index in [0.29, 0.717) is 12.5 Å². The lowest BCUT2D eigenvalue weighted by molar-refractivity contribution is 0.527. The Labute approximate surface area is 99.2 Å². The summed E-state index contributed by atoms with van der Waals surface area (Å²) < 4.78 is 26.1. The van der Waals surface area contributed by atoms with E-state index in [4.69, 9.17) is 0 Å². The predicted octanol–water partition coefficient (Wildman–Crippen LogP) is 1.24. The van der Waals surface area contributed by atoms with Gasteiger partial charge in [0.15, 0.2) is 0 Å². The minimum absolute atomic E-state index is 0.0985. The van der Waals surface area contributed by atoms with Crippen molar-refractivity contribution >= 4 is 10.0 Å². The zero-order valence-electron chi connectivity index (χ0n) is 10.3. The van der Waals surface area contributed by atoms with E-state index in [2.05, 4.69) is 10.0 Å².